The summed E-state index contributed by atoms with van der Waals surface area (Å²) in [7, 11) is 0. The molecule has 0 bridgehead atoms. The third-order valence-corrected chi connectivity index (χ3v) is 0. The summed E-state index contributed by atoms with van der Waals surface area (Å²) in [4.78, 5) is 0. The Morgan fingerprint density at radius 1 is 1.25 bits per heavy atom. The van der Waals surface area contributed by atoms with Crippen LogP contribution in [0.4, 0.5) is 0 Å². The van der Waals surface area contributed by atoms with Gasteiger partial charge in [0.25, 0.3) is 0 Å². The minimum absolute atomic E-state index is 0. The fourth-order valence-electron chi connectivity index (χ4n) is 0. The van der Waals surface area contributed by atoms with Gasteiger partial charge < -0.3 is 0 Å². The van der Waals surface area contributed by atoms with Gasteiger partial charge in [-0.25, -0.2) is 0 Å². The molecule has 1 atom stereocenters. The third kappa shape index (κ3) is 10.3. The molecule has 0 nitrogen and oxygen atoms in total. The van der Waals surface area contributed by atoms with Gasteiger partial charge >= 0.3 is 32.3 Å². The van der Waals surface area contributed by atoms with E-state index in [0.717, 1.165) is 0 Å². The molecular weight excluding hydrogens is 170 g/mol. The standard InChI is InChI=1S/2CH3.In.H3P/h2*1H3;;1H3. The molecule has 0 aromatic rings. The van der Waals surface area contributed by atoms with Crippen LogP contribution in [0.1, 0.15) is 0 Å². The van der Waals surface area contributed by atoms with Gasteiger partial charge in [-0.15, -0.1) is 0 Å². The van der Waals surface area contributed by atoms with Crippen LogP contribution in [0.2, 0.25) is 9.36 Å². The van der Waals surface area contributed by atoms with Crippen molar-refractivity contribution in [3.63, 3.8) is 0 Å². The van der Waals surface area contributed by atoms with E-state index in [9.17, 15) is 0 Å². The second kappa shape index (κ2) is 8.85. The van der Waals surface area contributed by atoms with Gasteiger partial charge in [-0.1, -0.05) is 0 Å². The van der Waals surface area contributed by atoms with E-state index in [1.807, 2.05) is 0 Å². The summed E-state index contributed by atoms with van der Waals surface area (Å²) >= 11 is 0.110. The molecule has 0 aromatic carbocycles. The Morgan fingerprint density at radius 3 is 1.25 bits per heavy atom. The van der Waals surface area contributed by atoms with E-state index < -0.39 is 0 Å². The van der Waals surface area contributed by atoms with Gasteiger partial charge in [0.15, 0.2) is 0 Å². The van der Waals surface area contributed by atoms with Crippen LogP contribution in [0.5, 0.6) is 0 Å². The molecule has 1 radical (unpaired) electrons. The van der Waals surface area contributed by atoms with Gasteiger partial charge in [0.2, 0.25) is 0 Å². The SMILES string of the molecule is P.[CH3][In][CH3]. The summed E-state index contributed by atoms with van der Waals surface area (Å²) in [6, 6.07) is 0. The Morgan fingerprint density at radius 2 is 1.25 bits per heavy atom. The normalized spacial score (nSPS) is 3.50. The molecular formula is C2H9InP. The van der Waals surface area contributed by atoms with Crippen molar-refractivity contribution < 1.29 is 0 Å². The molecule has 0 N–H and O–H groups in total. The van der Waals surface area contributed by atoms with E-state index in [-0.39, 0.29) is 32.8 Å². The van der Waals surface area contributed by atoms with Crippen LogP contribution in [0.15, 0.2) is 0 Å². The second-order valence-corrected chi connectivity index (χ2v) is 3.87. The van der Waals surface area contributed by atoms with Crippen molar-refractivity contribution in [1.82, 2.24) is 0 Å². The molecule has 25 valence electrons. The number of hydrogen-bond acceptors (Lipinski definition) is 0. The first-order valence-corrected chi connectivity index (χ1v) is 7.75. The first-order valence-electron chi connectivity index (χ1n) is 1.15. The van der Waals surface area contributed by atoms with Crippen LogP contribution >= 0.6 is 9.90 Å². The van der Waals surface area contributed by atoms with E-state index >= 15 is 0 Å². The van der Waals surface area contributed by atoms with Crippen LogP contribution in [-0.2, 0) is 0 Å². The Bertz CT molecular complexity index is 6.00. The summed E-state index contributed by atoms with van der Waals surface area (Å²) in [5, 5.41) is 0. The molecule has 0 aliphatic heterocycles. The maximum atomic E-state index is 2.32. The van der Waals surface area contributed by atoms with E-state index in [2.05, 4.69) is 9.36 Å². The zero-order chi connectivity index (χ0) is 2.71. The Kier molecular flexibility index (Phi) is 19.9. The average molecular weight is 179 g/mol. The molecule has 0 heterocycles. The Balaban J connectivity index is 0. The number of rotatable bonds is 0. The minimum atomic E-state index is 0. The summed E-state index contributed by atoms with van der Waals surface area (Å²) in [6.45, 7) is 0. The van der Waals surface area contributed by atoms with Crippen LogP contribution in [0, 0.1) is 0 Å². The van der Waals surface area contributed by atoms with Gasteiger partial charge in [-0.3, -0.25) is 0 Å². The first-order chi connectivity index (χ1) is 1.41. The molecule has 0 amide bonds. The Hall–Kier alpha value is 1.30. The van der Waals surface area contributed by atoms with Crippen molar-refractivity contribution >= 4 is 32.8 Å². The molecule has 4 heavy (non-hydrogen) atoms. The van der Waals surface area contributed by atoms with Crippen molar-refractivity contribution in [3.8, 4) is 0 Å². The predicted molar refractivity (Wildman–Crippen MR) is 28.6 cm³/mol. The van der Waals surface area contributed by atoms with Crippen molar-refractivity contribution in [1.29, 1.82) is 0 Å². The van der Waals surface area contributed by atoms with E-state index in [1.165, 1.54) is 0 Å². The molecule has 0 saturated heterocycles. The summed E-state index contributed by atoms with van der Waals surface area (Å²) in [5.74, 6) is 0. The van der Waals surface area contributed by atoms with Gasteiger partial charge in [0, 0.05) is 0 Å². The zero-order valence-corrected chi connectivity index (χ0v) is 7.99. The van der Waals surface area contributed by atoms with Crippen molar-refractivity contribution in [3.05, 3.63) is 0 Å². The molecule has 0 aliphatic rings. The number of hydrogen-bond donors (Lipinski definition) is 0. The van der Waals surface area contributed by atoms with Crippen LogP contribution in [0.25, 0.3) is 0 Å². The summed E-state index contributed by atoms with van der Waals surface area (Å²) < 4.78 is 4.63. The average Bonchev–Trinajstić information content (AvgIpc) is 0.918. The first kappa shape index (κ1) is 9.00. The predicted octanol–water partition coefficient (Wildman–Crippen LogP) is 0.845. The van der Waals surface area contributed by atoms with Crippen molar-refractivity contribution in [2.75, 3.05) is 0 Å². The van der Waals surface area contributed by atoms with Crippen LogP contribution in [0.3, 0.4) is 0 Å². The molecule has 0 rings (SSSR count). The summed E-state index contributed by atoms with van der Waals surface area (Å²) in [5.41, 5.74) is 0. The molecule has 0 aromatic heterocycles. The molecule has 0 fully saturated rings. The van der Waals surface area contributed by atoms with E-state index in [1.54, 1.807) is 0 Å². The second-order valence-electron chi connectivity index (χ2n) is 0.577. The monoisotopic (exact) mass is 179 g/mol. The van der Waals surface area contributed by atoms with Gasteiger partial charge in [0.1, 0.15) is 0 Å². The van der Waals surface area contributed by atoms with E-state index in [4.69, 9.17) is 0 Å². The van der Waals surface area contributed by atoms with Crippen molar-refractivity contribution in [2.24, 2.45) is 0 Å². The molecule has 0 aliphatic carbocycles. The van der Waals surface area contributed by atoms with Crippen LogP contribution in [-0.4, -0.2) is 22.9 Å². The van der Waals surface area contributed by atoms with Crippen molar-refractivity contribution in [2.45, 2.75) is 9.36 Å². The maximum absolute atomic E-state index is 2.32. The third-order valence-electron chi connectivity index (χ3n) is 0. The molecule has 0 spiro atoms. The zero-order valence-electron chi connectivity index (χ0n) is 3.28. The van der Waals surface area contributed by atoms with E-state index in [0.29, 0.717) is 0 Å². The molecule has 2 heteroatoms. The fraction of sp³-hybridized carbons (Fsp3) is 1.00. The van der Waals surface area contributed by atoms with Gasteiger partial charge in [0.05, 0.1) is 0 Å². The fourth-order valence-corrected chi connectivity index (χ4v) is 0. The molecule has 1 unspecified atom stereocenters. The summed E-state index contributed by atoms with van der Waals surface area (Å²) in [6.07, 6.45) is 0. The topological polar surface area (TPSA) is 0 Å². The Labute approximate surface area is 42.3 Å². The molecule has 0 saturated carbocycles. The quantitative estimate of drug-likeness (QED) is 0.483. The van der Waals surface area contributed by atoms with Gasteiger partial charge in [-0.2, -0.15) is 9.90 Å². The van der Waals surface area contributed by atoms with Gasteiger partial charge in [-0.05, 0) is 0 Å². The van der Waals surface area contributed by atoms with Crippen LogP contribution < -0.4 is 0 Å².